The highest BCUT2D eigenvalue weighted by Gasteiger charge is 2.30. The summed E-state index contributed by atoms with van der Waals surface area (Å²) in [6, 6.07) is 6.91. The van der Waals surface area contributed by atoms with Crippen LogP contribution in [0.15, 0.2) is 49.3 Å². The molecule has 5 nitrogen and oxygen atoms in total. The Morgan fingerprint density at radius 3 is 2.79 bits per heavy atom. The van der Waals surface area contributed by atoms with Gasteiger partial charge in [0.15, 0.2) is 5.82 Å². The third-order valence-corrected chi connectivity index (χ3v) is 5.41. The van der Waals surface area contributed by atoms with Crippen molar-refractivity contribution in [3.05, 3.63) is 59.9 Å². The van der Waals surface area contributed by atoms with Crippen molar-refractivity contribution in [2.45, 2.75) is 6.04 Å². The van der Waals surface area contributed by atoms with E-state index in [1.807, 2.05) is 6.07 Å². The van der Waals surface area contributed by atoms with Gasteiger partial charge in [-0.05, 0) is 35.9 Å². The molecule has 2 aromatic rings. The van der Waals surface area contributed by atoms with Gasteiger partial charge in [-0.1, -0.05) is 18.2 Å². The number of halogens is 1. The van der Waals surface area contributed by atoms with Gasteiger partial charge in [0.25, 0.3) is 0 Å². The zero-order chi connectivity index (χ0) is 17.1. The SMILES string of the molecule is C=CC(=O)N1CCS(=O)CC1c1cc(Cl)cc(-c2ncccn2)c1. The lowest BCUT2D eigenvalue weighted by molar-refractivity contribution is -0.127. The first kappa shape index (κ1) is 16.8. The standard InChI is InChI=1S/C17H16ClN3O2S/c1-2-16(22)21-6-7-24(23)11-15(21)12-8-13(10-14(18)9-12)17-19-4-3-5-20-17/h2-5,8-10,15H,1,6-7,11H2. The fourth-order valence-corrected chi connectivity index (χ4v) is 4.28. The molecule has 3 rings (SSSR count). The minimum absolute atomic E-state index is 0.172. The second-order valence-corrected chi connectivity index (χ2v) is 7.47. The zero-order valence-corrected chi connectivity index (χ0v) is 14.5. The van der Waals surface area contributed by atoms with Gasteiger partial charge in [-0.2, -0.15) is 0 Å². The van der Waals surface area contributed by atoms with Crippen LogP contribution in [0.4, 0.5) is 0 Å². The first-order chi connectivity index (χ1) is 11.6. The molecule has 7 heteroatoms. The number of carbonyl (C=O) groups excluding carboxylic acids is 1. The molecule has 2 atom stereocenters. The lowest BCUT2D eigenvalue weighted by Crippen LogP contribution is -2.43. The highest BCUT2D eigenvalue weighted by atomic mass is 35.5. The van der Waals surface area contributed by atoms with Gasteiger partial charge in [-0.25, -0.2) is 9.97 Å². The van der Waals surface area contributed by atoms with Crippen molar-refractivity contribution in [3.63, 3.8) is 0 Å². The number of aromatic nitrogens is 2. The van der Waals surface area contributed by atoms with E-state index in [4.69, 9.17) is 11.6 Å². The van der Waals surface area contributed by atoms with Gasteiger partial charge in [0.1, 0.15) is 0 Å². The van der Waals surface area contributed by atoms with Crippen LogP contribution in [-0.2, 0) is 15.6 Å². The highest BCUT2D eigenvalue weighted by molar-refractivity contribution is 7.85. The molecule has 1 aromatic heterocycles. The molecular weight excluding hydrogens is 346 g/mol. The molecule has 0 aliphatic carbocycles. The van der Waals surface area contributed by atoms with E-state index in [-0.39, 0.29) is 11.9 Å². The molecule has 24 heavy (non-hydrogen) atoms. The van der Waals surface area contributed by atoms with Crippen LogP contribution in [0.1, 0.15) is 11.6 Å². The monoisotopic (exact) mass is 361 g/mol. The van der Waals surface area contributed by atoms with E-state index in [9.17, 15) is 9.00 Å². The van der Waals surface area contributed by atoms with Crippen LogP contribution in [-0.4, -0.2) is 43.0 Å². The lowest BCUT2D eigenvalue weighted by Gasteiger charge is -2.35. The zero-order valence-electron chi connectivity index (χ0n) is 12.9. The minimum Gasteiger partial charge on any atom is -0.330 e. The van der Waals surface area contributed by atoms with E-state index in [2.05, 4.69) is 16.5 Å². The van der Waals surface area contributed by atoms with Gasteiger partial charge in [0.2, 0.25) is 5.91 Å². The maximum Gasteiger partial charge on any atom is 0.246 e. The van der Waals surface area contributed by atoms with Crippen LogP contribution in [0.3, 0.4) is 0 Å². The summed E-state index contributed by atoms with van der Waals surface area (Å²) in [5.74, 6) is 1.24. The molecular formula is C17H16ClN3O2S. The molecule has 0 saturated carbocycles. The molecule has 0 bridgehead atoms. The van der Waals surface area contributed by atoms with Crippen LogP contribution in [0.5, 0.6) is 0 Å². The summed E-state index contributed by atoms with van der Waals surface area (Å²) >= 11 is 6.26. The second-order valence-electron chi connectivity index (χ2n) is 5.41. The molecule has 2 unspecified atom stereocenters. The van der Waals surface area contributed by atoms with E-state index in [1.165, 1.54) is 6.08 Å². The first-order valence-electron chi connectivity index (χ1n) is 7.44. The van der Waals surface area contributed by atoms with Gasteiger partial charge in [0.05, 0.1) is 6.04 Å². The molecule has 1 fully saturated rings. The lowest BCUT2D eigenvalue weighted by atomic mass is 10.0. The molecule has 1 aromatic carbocycles. The molecule has 124 valence electrons. The summed E-state index contributed by atoms with van der Waals surface area (Å²) < 4.78 is 12.0. The van der Waals surface area contributed by atoms with Gasteiger partial charge in [-0.15, -0.1) is 0 Å². The van der Waals surface area contributed by atoms with Gasteiger partial charge in [0, 0.05) is 51.8 Å². The quantitative estimate of drug-likeness (QED) is 0.788. The van der Waals surface area contributed by atoms with Crippen molar-refractivity contribution >= 4 is 28.3 Å². The largest absolute Gasteiger partial charge is 0.330 e. The number of hydrogen-bond acceptors (Lipinski definition) is 4. The summed E-state index contributed by atoms with van der Waals surface area (Å²) in [6.07, 6.45) is 4.60. The maximum atomic E-state index is 12.1. The molecule has 1 saturated heterocycles. The molecule has 1 aliphatic rings. The number of hydrogen-bond donors (Lipinski definition) is 0. The highest BCUT2D eigenvalue weighted by Crippen LogP contribution is 2.31. The summed E-state index contributed by atoms with van der Waals surface area (Å²) in [5.41, 5.74) is 1.59. The fraction of sp³-hybridized carbons (Fsp3) is 0.235. The average molecular weight is 362 g/mol. The molecule has 1 amide bonds. The van der Waals surface area contributed by atoms with Gasteiger partial charge < -0.3 is 4.90 Å². The van der Waals surface area contributed by atoms with E-state index in [1.54, 1.807) is 35.5 Å². The minimum atomic E-state index is -0.970. The van der Waals surface area contributed by atoms with Crippen molar-refractivity contribution in [2.75, 3.05) is 18.1 Å². The average Bonchev–Trinajstić information content (AvgIpc) is 2.61. The molecule has 1 aliphatic heterocycles. The Balaban J connectivity index is 2.03. The number of rotatable bonds is 3. The molecule has 0 N–H and O–H groups in total. The Hall–Kier alpha value is -2.05. The van der Waals surface area contributed by atoms with E-state index >= 15 is 0 Å². The van der Waals surface area contributed by atoms with E-state index in [0.717, 1.165) is 11.1 Å². The number of nitrogens with zero attached hydrogens (tertiary/aromatic N) is 3. The molecule has 0 radical (unpaired) electrons. The molecule has 2 heterocycles. The fourth-order valence-electron chi connectivity index (χ4n) is 2.74. The van der Waals surface area contributed by atoms with Crippen molar-refractivity contribution in [1.29, 1.82) is 0 Å². The van der Waals surface area contributed by atoms with Crippen LogP contribution >= 0.6 is 11.6 Å². The van der Waals surface area contributed by atoms with Crippen molar-refractivity contribution in [3.8, 4) is 11.4 Å². The number of carbonyl (C=O) groups is 1. The Labute approximate surface area is 147 Å². The Morgan fingerprint density at radius 1 is 1.33 bits per heavy atom. The van der Waals surface area contributed by atoms with Gasteiger partial charge >= 0.3 is 0 Å². The Morgan fingerprint density at radius 2 is 2.08 bits per heavy atom. The van der Waals surface area contributed by atoms with Crippen LogP contribution in [0.2, 0.25) is 5.02 Å². The Kier molecular flexibility index (Phi) is 5.06. The van der Waals surface area contributed by atoms with Crippen molar-refractivity contribution in [1.82, 2.24) is 14.9 Å². The first-order valence-corrected chi connectivity index (χ1v) is 9.31. The van der Waals surface area contributed by atoms with Crippen molar-refractivity contribution < 1.29 is 9.00 Å². The number of amides is 1. The third kappa shape index (κ3) is 3.55. The summed E-state index contributed by atoms with van der Waals surface area (Å²) in [4.78, 5) is 22.3. The topological polar surface area (TPSA) is 63.2 Å². The summed E-state index contributed by atoms with van der Waals surface area (Å²) in [5, 5.41) is 0.525. The van der Waals surface area contributed by atoms with Crippen molar-refractivity contribution in [2.24, 2.45) is 0 Å². The third-order valence-electron chi connectivity index (χ3n) is 3.87. The van der Waals surface area contributed by atoms with E-state index < -0.39 is 10.8 Å². The van der Waals surface area contributed by atoms with Crippen LogP contribution in [0, 0.1) is 0 Å². The molecule has 0 spiro atoms. The predicted molar refractivity (Wildman–Crippen MR) is 95.0 cm³/mol. The maximum absolute atomic E-state index is 12.1. The van der Waals surface area contributed by atoms with Crippen LogP contribution in [0.25, 0.3) is 11.4 Å². The summed E-state index contributed by atoms with van der Waals surface area (Å²) in [6.45, 7) is 3.99. The van der Waals surface area contributed by atoms with Crippen LogP contribution < -0.4 is 0 Å². The van der Waals surface area contributed by atoms with E-state index in [0.29, 0.717) is 28.9 Å². The second kappa shape index (κ2) is 7.23. The Bertz CT molecular complexity index is 798. The normalized spacial score (nSPS) is 20.6. The summed E-state index contributed by atoms with van der Waals surface area (Å²) in [7, 11) is -0.970. The van der Waals surface area contributed by atoms with Gasteiger partial charge in [-0.3, -0.25) is 9.00 Å². The predicted octanol–water partition coefficient (Wildman–Crippen LogP) is 2.62. The smallest absolute Gasteiger partial charge is 0.246 e. The number of benzene rings is 1.